The van der Waals surface area contributed by atoms with Crippen LogP contribution in [0.2, 0.25) is 0 Å². The highest BCUT2D eigenvalue weighted by Gasteiger charge is 2.40. The van der Waals surface area contributed by atoms with Gasteiger partial charge in [-0.15, -0.1) is 0 Å². The molecule has 0 radical (unpaired) electrons. The molecule has 0 aliphatic carbocycles. The number of piperidine rings is 1. The topological polar surface area (TPSA) is 74.3 Å². The molecule has 2 rings (SSSR count). The van der Waals surface area contributed by atoms with E-state index in [1.165, 1.54) is 69.8 Å². The summed E-state index contributed by atoms with van der Waals surface area (Å²) in [6, 6.07) is 10.3. The van der Waals surface area contributed by atoms with E-state index in [-0.39, 0.29) is 37.0 Å². The van der Waals surface area contributed by atoms with E-state index in [9.17, 15) is 9.59 Å². The van der Waals surface area contributed by atoms with Gasteiger partial charge in [0.1, 0.15) is 12.2 Å². The zero-order valence-corrected chi connectivity index (χ0v) is 32.0. The van der Waals surface area contributed by atoms with Crippen LogP contribution in [0.5, 0.6) is 0 Å². The van der Waals surface area contributed by atoms with Crippen molar-refractivity contribution < 1.29 is 28.8 Å². The summed E-state index contributed by atoms with van der Waals surface area (Å²) in [6.45, 7) is 12.7. The number of carbonyl (C=O) groups is 2. The fourth-order valence-corrected chi connectivity index (χ4v) is 6.95. The van der Waals surface area contributed by atoms with E-state index in [0.29, 0.717) is 6.61 Å². The number of carbonyl (C=O) groups excluding carboxylic acids is 2. The molecule has 0 saturated carbocycles. The highest BCUT2D eigenvalue weighted by atomic mass is 17.2. The Labute approximate surface area is 300 Å². The molecule has 0 bridgehead atoms. The molecule has 0 N–H and O–H groups in total. The smallest absolute Gasteiger partial charge is 0.342 e. The van der Waals surface area contributed by atoms with Crippen LogP contribution in [0.3, 0.4) is 0 Å². The van der Waals surface area contributed by atoms with Crippen molar-refractivity contribution in [3.63, 3.8) is 0 Å². The molecule has 49 heavy (non-hydrogen) atoms. The van der Waals surface area contributed by atoms with Crippen LogP contribution in [-0.4, -0.2) is 55.3 Å². The van der Waals surface area contributed by atoms with Gasteiger partial charge in [0.2, 0.25) is 0 Å². The van der Waals surface area contributed by atoms with E-state index in [0.717, 1.165) is 90.4 Å². The molecule has 1 aromatic rings. The molecule has 282 valence electrons. The highest BCUT2D eigenvalue weighted by molar-refractivity contribution is 5.74. The maximum atomic E-state index is 13.6. The number of unbranched alkanes of at least 4 members (excludes halogenated alkanes) is 11. The van der Waals surface area contributed by atoms with Crippen LogP contribution in [0, 0.1) is 5.41 Å². The van der Waals surface area contributed by atoms with Gasteiger partial charge in [-0.25, -0.2) is 4.79 Å². The number of ether oxygens (including phenoxy) is 2. The van der Waals surface area contributed by atoms with Gasteiger partial charge in [0.15, 0.2) is 0 Å². The molecule has 1 heterocycles. The van der Waals surface area contributed by atoms with Gasteiger partial charge in [0.25, 0.3) is 0 Å². The van der Waals surface area contributed by atoms with Crippen molar-refractivity contribution in [3.8, 4) is 0 Å². The lowest BCUT2D eigenvalue weighted by atomic mass is 9.73. The van der Waals surface area contributed by atoms with Gasteiger partial charge in [-0.2, -0.15) is 4.89 Å². The molecule has 0 spiro atoms. The first-order valence-corrected chi connectivity index (χ1v) is 20.3. The molecular weight excluding hydrogens is 614 g/mol. The zero-order chi connectivity index (χ0) is 35.4. The average Bonchev–Trinajstić information content (AvgIpc) is 3.10. The normalized spacial score (nSPS) is 14.8. The van der Waals surface area contributed by atoms with Crippen molar-refractivity contribution in [3.05, 3.63) is 35.9 Å². The molecular formula is C42H73NO6. The maximum absolute atomic E-state index is 13.6. The number of hydrogen-bond acceptors (Lipinski definition) is 7. The number of hydrogen-bond donors (Lipinski definition) is 0. The monoisotopic (exact) mass is 688 g/mol. The standard InChI is InChI=1S/C42H73NO6/c1-5-9-11-13-15-20-26-39(27-21-16-14-12-10-6-2)47-40(44)34-42(35-41(45)49-48-38(7-3)8-4)28-31-43(32-29-42)30-22-23-33-46-36-37-24-18-17-19-25-37/h17-19,24-25,38-39H,5-16,20-23,26-36H2,1-4H3. The molecule has 1 aromatic carbocycles. The zero-order valence-electron chi connectivity index (χ0n) is 32.0. The van der Waals surface area contributed by atoms with Crippen LogP contribution in [0.15, 0.2) is 30.3 Å². The predicted molar refractivity (Wildman–Crippen MR) is 200 cm³/mol. The van der Waals surface area contributed by atoms with Crippen molar-refractivity contribution >= 4 is 11.9 Å². The predicted octanol–water partition coefficient (Wildman–Crippen LogP) is 10.9. The fraction of sp³-hybridized carbons (Fsp3) is 0.810. The third-order valence-corrected chi connectivity index (χ3v) is 10.3. The lowest BCUT2D eigenvalue weighted by molar-refractivity contribution is -0.300. The van der Waals surface area contributed by atoms with Gasteiger partial charge in [-0.1, -0.05) is 122 Å². The highest BCUT2D eigenvalue weighted by Crippen LogP contribution is 2.40. The van der Waals surface area contributed by atoms with Crippen LogP contribution in [0.1, 0.15) is 175 Å². The van der Waals surface area contributed by atoms with E-state index in [1.54, 1.807) is 0 Å². The second-order valence-corrected chi connectivity index (χ2v) is 14.7. The molecule has 1 aliphatic heterocycles. The average molecular weight is 688 g/mol. The van der Waals surface area contributed by atoms with Crippen molar-refractivity contribution in [2.75, 3.05) is 26.2 Å². The Morgan fingerprint density at radius 1 is 0.694 bits per heavy atom. The Morgan fingerprint density at radius 2 is 1.27 bits per heavy atom. The molecule has 0 amide bonds. The third kappa shape index (κ3) is 20.5. The van der Waals surface area contributed by atoms with E-state index in [4.69, 9.17) is 19.2 Å². The summed E-state index contributed by atoms with van der Waals surface area (Å²) in [5.41, 5.74) is 0.736. The Bertz CT molecular complexity index is 928. The Hall–Kier alpha value is -1.96. The van der Waals surface area contributed by atoms with Gasteiger partial charge in [-0.3, -0.25) is 9.68 Å². The third-order valence-electron chi connectivity index (χ3n) is 10.3. The summed E-state index contributed by atoms with van der Waals surface area (Å²) < 4.78 is 12.1. The molecule has 1 aliphatic rings. The second kappa shape index (κ2) is 27.7. The van der Waals surface area contributed by atoms with Crippen LogP contribution in [-0.2, 0) is 35.4 Å². The minimum absolute atomic E-state index is 0.0312. The largest absolute Gasteiger partial charge is 0.462 e. The molecule has 1 saturated heterocycles. The van der Waals surface area contributed by atoms with Crippen LogP contribution < -0.4 is 0 Å². The van der Waals surface area contributed by atoms with Gasteiger partial charge in [-0.05, 0) is 94.8 Å². The number of esters is 1. The molecule has 7 heteroatoms. The Morgan fingerprint density at radius 3 is 1.86 bits per heavy atom. The first-order valence-electron chi connectivity index (χ1n) is 20.3. The Kier molecular flexibility index (Phi) is 24.4. The molecule has 0 aromatic heterocycles. The van der Waals surface area contributed by atoms with Gasteiger partial charge < -0.3 is 14.4 Å². The summed E-state index contributed by atoms with van der Waals surface area (Å²) in [5.74, 6) is -0.529. The summed E-state index contributed by atoms with van der Waals surface area (Å²) in [6.07, 6.45) is 22.2. The molecule has 1 fully saturated rings. The maximum Gasteiger partial charge on any atom is 0.342 e. The molecule has 0 atom stereocenters. The second-order valence-electron chi connectivity index (χ2n) is 14.7. The molecule has 0 unspecified atom stereocenters. The van der Waals surface area contributed by atoms with E-state index in [1.807, 2.05) is 32.0 Å². The van der Waals surface area contributed by atoms with Crippen LogP contribution >= 0.6 is 0 Å². The van der Waals surface area contributed by atoms with Crippen molar-refractivity contribution in [2.45, 2.75) is 188 Å². The summed E-state index contributed by atoms with van der Waals surface area (Å²) in [5, 5.41) is 0. The minimum atomic E-state index is -0.467. The first kappa shape index (κ1) is 43.2. The van der Waals surface area contributed by atoms with Crippen LogP contribution in [0.25, 0.3) is 0 Å². The van der Waals surface area contributed by atoms with Crippen molar-refractivity contribution in [2.24, 2.45) is 5.41 Å². The lowest BCUT2D eigenvalue weighted by Gasteiger charge is -2.41. The van der Waals surface area contributed by atoms with Gasteiger partial charge >= 0.3 is 11.9 Å². The van der Waals surface area contributed by atoms with Crippen LogP contribution in [0.4, 0.5) is 0 Å². The first-order chi connectivity index (χ1) is 23.9. The summed E-state index contributed by atoms with van der Waals surface area (Å²) in [4.78, 5) is 40.0. The Balaban J connectivity index is 1.92. The van der Waals surface area contributed by atoms with E-state index < -0.39 is 5.41 Å². The fourth-order valence-electron chi connectivity index (χ4n) is 6.95. The van der Waals surface area contributed by atoms with E-state index in [2.05, 4.69) is 30.9 Å². The summed E-state index contributed by atoms with van der Waals surface area (Å²) >= 11 is 0. The van der Waals surface area contributed by atoms with E-state index >= 15 is 0 Å². The summed E-state index contributed by atoms with van der Waals surface area (Å²) in [7, 11) is 0. The number of rotatable bonds is 30. The SMILES string of the molecule is CCCCCCCCC(CCCCCCCC)OC(=O)CC1(CC(=O)OOC(CC)CC)CCN(CCCCOCc2ccccc2)CC1. The minimum Gasteiger partial charge on any atom is -0.462 e. The van der Waals surface area contributed by atoms with Crippen molar-refractivity contribution in [1.29, 1.82) is 0 Å². The number of benzene rings is 1. The lowest BCUT2D eigenvalue weighted by Crippen LogP contribution is -2.43. The number of likely N-dealkylation sites (tertiary alicyclic amines) is 1. The quantitative estimate of drug-likeness (QED) is 0.0345. The number of nitrogens with zero attached hydrogens (tertiary/aromatic N) is 1. The van der Waals surface area contributed by atoms with Crippen molar-refractivity contribution in [1.82, 2.24) is 4.90 Å². The van der Waals surface area contributed by atoms with Gasteiger partial charge in [0.05, 0.1) is 19.4 Å². The molecule has 7 nitrogen and oxygen atoms in total. The van der Waals surface area contributed by atoms with Gasteiger partial charge in [0, 0.05) is 6.61 Å².